The Hall–Kier alpha value is -2.41. The molecule has 126 valence electrons. The second-order valence-electron chi connectivity index (χ2n) is 5.88. The van der Waals surface area contributed by atoms with Gasteiger partial charge >= 0.3 is 0 Å². The van der Waals surface area contributed by atoms with Crippen molar-refractivity contribution in [2.75, 3.05) is 0 Å². The van der Waals surface area contributed by atoms with Gasteiger partial charge in [0.25, 0.3) is 0 Å². The Kier molecular flexibility index (Phi) is 4.80. The Balaban J connectivity index is 1.81. The molecule has 0 radical (unpaired) electrons. The number of halogens is 1. The highest BCUT2D eigenvalue weighted by molar-refractivity contribution is 6.30. The Morgan fingerprint density at radius 2 is 2.12 bits per heavy atom. The standard InChI is InChI=1S/C16H18ClN5O2/c17-11-3-1-10(2-4-11)9-22-15(7-12-5-6-16(24)19-12)20-14(21-22)8-13(18)23/h1-4,12H,5-9H2,(H2,18,23)(H,19,24)/t12-/m1/s1. The molecule has 0 unspecified atom stereocenters. The van der Waals surface area contributed by atoms with E-state index in [0.29, 0.717) is 30.2 Å². The fourth-order valence-corrected chi connectivity index (χ4v) is 2.87. The van der Waals surface area contributed by atoms with Crippen molar-refractivity contribution in [3.63, 3.8) is 0 Å². The van der Waals surface area contributed by atoms with Crippen molar-refractivity contribution in [1.29, 1.82) is 0 Å². The maximum atomic E-state index is 11.4. The largest absolute Gasteiger partial charge is 0.369 e. The van der Waals surface area contributed by atoms with Gasteiger partial charge in [-0.25, -0.2) is 9.67 Å². The Bertz CT molecular complexity index is 756. The molecule has 2 heterocycles. The monoisotopic (exact) mass is 347 g/mol. The maximum Gasteiger partial charge on any atom is 0.225 e. The predicted octanol–water partition coefficient (Wildman–Crippen LogP) is 0.829. The van der Waals surface area contributed by atoms with Crippen molar-refractivity contribution >= 4 is 23.4 Å². The molecule has 3 rings (SSSR count). The minimum Gasteiger partial charge on any atom is -0.369 e. The van der Waals surface area contributed by atoms with Gasteiger partial charge in [-0.3, -0.25) is 9.59 Å². The zero-order chi connectivity index (χ0) is 17.1. The van der Waals surface area contributed by atoms with Crippen LogP contribution in [0.25, 0.3) is 0 Å². The van der Waals surface area contributed by atoms with Crippen LogP contribution >= 0.6 is 11.6 Å². The van der Waals surface area contributed by atoms with Crippen molar-refractivity contribution in [2.24, 2.45) is 5.73 Å². The second kappa shape index (κ2) is 7.00. The number of nitrogens with zero attached hydrogens (tertiary/aromatic N) is 3. The SMILES string of the molecule is NC(=O)Cc1nc(C[C@H]2CCC(=O)N2)n(Cc2ccc(Cl)cc2)n1. The summed E-state index contributed by atoms with van der Waals surface area (Å²) >= 11 is 5.91. The number of nitrogens with one attached hydrogen (secondary N) is 1. The van der Waals surface area contributed by atoms with Gasteiger partial charge < -0.3 is 11.1 Å². The molecule has 7 nitrogen and oxygen atoms in total. The van der Waals surface area contributed by atoms with E-state index in [-0.39, 0.29) is 18.4 Å². The number of carbonyl (C=O) groups excluding carboxylic acids is 2. The first-order valence-corrected chi connectivity index (χ1v) is 8.12. The molecule has 8 heteroatoms. The Morgan fingerprint density at radius 3 is 2.75 bits per heavy atom. The molecule has 1 aliphatic rings. The van der Waals surface area contributed by atoms with Gasteiger partial charge in [0.15, 0.2) is 5.82 Å². The summed E-state index contributed by atoms with van der Waals surface area (Å²) in [5.74, 6) is 0.713. The van der Waals surface area contributed by atoms with E-state index >= 15 is 0 Å². The van der Waals surface area contributed by atoms with E-state index in [4.69, 9.17) is 17.3 Å². The number of carbonyl (C=O) groups is 2. The number of aromatic nitrogens is 3. The van der Waals surface area contributed by atoms with Crippen molar-refractivity contribution in [1.82, 2.24) is 20.1 Å². The molecule has 0 spiro atoms. The molecule has 0 aliphatic carbocycles. The molecule has 1 fully saturated rings. The van der Waals surface area contributed by atoms with Crippen molar-refractivity contribution in [2.45, 2.75) is 38.3 Å². The van der Waals surface area contributed by atoms with E-state index in [9.17, 15) is 9.59 Å². The van der Waals surface area contributed by atoms with Crippen LogP contribution in [0.4, 0.5) is 0 Å². The molecule has 2 amide bonds. The highest BCUT2D eigenvalue weighted by Gasteiger charge is 2.24. The van der Waals surface area contributed by atoms with Gasteiger partial charge in [0.1, 0.15) is 5.82 Å². The average Bonchev–Trinajstić information content (AvgIpc) is 3.08. The first kappa shape index (κ1) is 16.4. The Labute approximate surface area is 144 Å². The molecule has 1 aromatic heterocycles. The number of rotatable bonds is 6. The van der Waals surface area contributed by atoms with Gasteiger partial charge in [-0.2, -0.15) is 5.10 Å². The summed E-state index contributed by atoms with van der Waals surface area (Å²) in [6, 6.07) is 7.51. The van der Waals surface area contributed by atoms with Crippen molar-refractivity contribution in [3.05, 3.63) is 46.5 Å². The minimum atomic E-state index is -0.473. The number of hydrogen-bond donors (Lipinski definition) is 2. The van der Waals surface area contributed by atoms with Crippen LogP contribution in [0.3, 0.4) is 0 Å². The van der Waals surface area contributed by atoms with Gasteiger partial charge in [0.2, 0.25) is 11.8 Å². The third-order valence-electron chi connectivity index (χ3n) is 3.88. The highest BCUT2D eigenvalue weighted by atomic mass is 35.5. The zero-order valence-corrected chi connectivity index (χ0v) is 13.8. The van der Waals surface area contributed by atoms with Gasteiger partial charge in [0, 0.05) is 23.9 Å². The van der Waals surface area contributed by atoms with Gasteiger partial charge in [-0.15, -0.1) is 0 Å². The summed E-state index contributed by atoms with van der Waals surface area (Å²) in [5.41, 5.74) is 6.25. The van der Waals surface area contributed by atoms with Gasteiger partial charge in [-0.1, -0.05) is 23.7 Å². The lowest BCUT2D eigenvalue weighted by Crippen LogP contribution is -2.28. The molecule has 3 N–H and O–H groups in total. The Morgan fingerprint density at radius 1 is 1.38 bits per heavy atom. The third kappa shape index (κ3) is 4.11. The smallest absolute Gasteiger partial charge is 0.225 e. The van der Waals surface area contributed by atoms with Gasteiger partial charge in [-0.05, 0) is 24.1 Å². The fourth-order valence-electron chi connectivity index (χ4n) is 2.75. The highest BCUT2D eigenvalue weighted by Crippen LogP contribution is 2.15. The van der Waals surface area contributed by atoms with Crippen LogP contribution in [-0.4, -0.2) is 32.6 Å². The van der Waals surface area contributed by atoms with Crippen LogP contribution in [0.5, 0.6) is 0 Å². The number of benzene rings is 1. The number of hydrogen-bond acceptors (Lipinski definition) is 4. The van der Waals surface area contributed by atoms with Crippen LogP contribution in [-0.2, 0) is 29.0 Å². The second-order valence-corrected chi connectivity index (χ2v) is 6.32. The summed E-state index contributed by atoms with van der Waals surface area (Å²) in [4.78, 5) is 26.9. The predicted molar refractivity (Wildman–Crippen MR) is 88.3 cm³/mol. The minimum absolute atomic E-state index is 0.00234. The van der Waals surface area contributed by atoms with Crippen LogP contribution in [0.2, 0.25) is 5.02 Å². The number of primary amides is 1. The fraction of sp³-hybridized carbons (Fsp3) is 0.375. The molecule has 2 aromatic rings. The lowest BCUT2D eigenvalue weighted by molar-refractivity contribution is -0.119. The lowest BCUT2D eigenvalue weighted by Gasteiger charge is -2.11. The number of nitrogens with two attached hydrogens (primary N) is 1. The summed E-state index contributed by atoms with van der Waals surface area (Å²) < 4.78 is 1.76. The molecular weight excluding hydrogens is 330 g/mol. The average molecular weight is 348 g/mol. The molecule has 1 saturated heterocycles. The molecule has 1 aromatic carbocycles. The van der Waals surface area contributed by atoms with Crippen LogP contribution in [0.15, 0.2) is 24.3 Å². The zero-order valence-electron chi connectivity index (χ0n) is 13.0. The van der Waals surface area contributed by atoms with E-state index in [0.717, 1.165) is 17.8 Å². The molecule has 24 heavy (non-hydrogen) atoms. The van der Waals surface area contributed by atoms with Crippen LogP contribution in [0, 0.1) is 0 Å². The van der Waals surface area contributed by atoms with Gasteiger partial charge in [0.05, 0.1) is 13.0 Å². The normalized spacial score (nSPS) is 17.0. The summed E-state index contributed by atoms with van der Waals surface area (Å²) in [6.07, 6.45) is 1.88. The first-order chi connectivity index (χ1) is 11.5. The quantitative estimate of drug-likeness (QED) is 0.807. The molecule has 0 bridgehead atoms. The number of amides is 2. The molecule has 1 aliphatic heterocycles. The van der Waals surface area contributed by atoms with Crippen LogP contribution in [0.1, 0.15) is 30.1 Å². The van der Waals surface area contributed by atoms with E-state index in [1.165, 1.54) is 0 Å². The summed E-state index contributed by atoms with van der Waals surface area (Å²) in [5, 5.41) is 7.98. The van der Waals surface area contributed by atoms with Crippen molar-refractivity contribution < 1.29 is 9.59 Å². The summed E-state index contributed by atoms with van der Waals surface area (Å²) in [7, 11) is 0. The first-order valence-electron chi connectivity index (χ1n) is 7.74. The topological polar surface area (TPSA) is 103 Å². The molecule has 1 atom stereocenters. The van der Waals surface area contributed by atoms with Crippen molar-refractivity contribution in [3.8, 4) is 0 Å². The lowest BCUT2D eigenvalue weighted by atomic mass is 10.1. The van der Waals surface area contributed by atoms with Crippen LogP contribution < -0.4 is 11.1 Å². The summed E-state index contributed by atoms with van der Waals surface area (Å²) in [6.45, 7) is 0.513. The molecule has 0 saturated carbocycles. The van der Waals surface area contributed by atoms with E-state index in [1.807, 2.05) is 24.3 Å². The van der Waals surface area contributed by atoms with E-state index in [2.05, 4.69) is 15.4 Å². The molecular formula is C16H18ClN5O2. The third-order valence-corrected chi connectivity index (χ3v) is 4.14. The van der Waals surface area contributed by atoms with E-state index < -0.39 is 5.91 Å². The maximum absolute atomic E-state index is 11.4. The van der Waals surface area contributed by atoms with E-state index in [1.54, 1.807) is 4.68 Å².